The van der Waals surface area contributed by atoms with Gasteiger partial charge in [0.15, 0.2) is 0 Å². The van der Waals surface area contributed by atoms with Gasteiger partial charge in [-0.05, 0) is 65.6 Å². The van der Waals surface area contributed by atoms with Crippen LogP contribution < -0.4 is 14.2 Å². The molecule has 2 amide bonds. The summed E-state index contributed by atoms with van der Waals surface area (Å²) < 4.78 is 21.6. The van der Waals surface area contributed by atoms with E-state index < -0.39 is 18.5 Å². The number of imide groups is 1. The number of rotatable bonds is 16. The van der Waals surface area contributed by atoms with Gasteiger partial charge in [-0.3, -0.25) is 14.5 Å². The molecular formula is C35H33NO9. The fraction of sp³-hybridized carbons (Fsp3) is 0.200. The summed E-state index contributed by atoms with van der Waals surface area (Å²) >= 11 is 0. The van der Waals surface area contributed by atoms with Crippen molar-refractivity contribution in [1.29, 1.82) is 0 Å². The number of carbonyl (C=O) groups excluding carboxylic acids is 4. The Balaban J connectivity index is 1.16. The zero-order valence-electron chi connectivity index (χ0n) is 24.6. The van der Waals surface area contributed by atoms with Crippen LogP contribution in [0, 0.1) is 0 Å². The first kappa shape index (κ1) is 32.4. The van der Waals surface area contributed by atoms with Crippen molar-refractivity contribution in [2.45, 2.75) is 12.8 Å². The molecule has 0 radical (unpaired) electrons. The molecule has 0 bridgehead atoms. The number of hydrogen-bond donors (Lipinski definition) is 1. The Bertz CT molecular complexity index is 1540. The number of nitrogens with zero attached hydrogens (tertiary/aromatic N) is 1. The van der Waals surface area contributed by atoms with Gasteiger partial charge in [0, 0.05) is 31.2 Å². The molecule has 0 saturated carbocycles. The second-order valence-corrected chi connectivity index (χ2v) is 9.84. The van der Waals surface area contributed by atoms with E-state index in [1.165, 1.54) is 23.1 Å². The number of amides is 2. The van der Waals surface area contributed by atoms with Gasteiger partial charge in [0.25, 0.3) is 11.8 Å². The van der Waals surface area contributed by atoms with Gasteiger partial charge in [-0.2, -0.15) is 0 Å². The lowest BCUT2D eigenvalue weighted by Gasteiger charge is -2.13. The normalized spacial score (nSPS) is 12.4. The molecule has 0 unspecified atom stereocenters. The van der Waals surface area contributed by atoms with E-state index >= 15 is 0 Å². The summed E-state index contributed by atoms with van der Waals surface area (Å²) in [5.41, 5.74) is 2.82. The molecule has 1 aliphatic rings. The molecule has 45 heavy (non-hydrogen) atoms. The first-order valence-corrected chi connectivity index (χ1v) is 14.3. The molecule has 10 heteroatoms. The molecule has 0 spiro atoms. The molecule has 10 nitrogen and oxygen atoms in total. The second kappa shape index (κ2) is 16.4. The van der Waals surface area contributed by atoms with Gasteiger partial charge < -0.3 is 24.1 Å². The molecule has 4 rings (SSSR count). The zero-order valence-corrected chi connectivity index (χ0v) is 24.6. The molecule has 3 aromatic carbocycles. The molecule has 1 N–H and O–H groups in total. The van der Waals surface area contributed by atoms with Crippen molar-refractivity contribution >= 4 is 29.8 Å². The standard InChI is InChI=1S/C35H33NO9/c1-25(24-37)35(41)44-23-3-22-43-30-13-15-31(16-14-30)45-34(40)19-6-26-4-7-27(8-5-26)28-9-11-29(12-10-28)42-21-2-20-36-32(38)17-18-33(36)39/h4-19,37H,1-3,20-24H2/b19-6+. The maximum absolute atomic E-state index is 12.3. The fourth-order valence-corrected chi connectivity index (χ4v) is 4.09. The SMILES string of the molecule is C=C(CO)C(=O)OCCCOc1ccc(OC(=O)/C=C/c2ccc(-c3ccc(OCCCN4C(=O)C=CC4=O)cc3)cc2)cc1. The monoisotopic (exact) mass is 611 g/mol. The van der Waals surface area contributed by atoms with Crippen LogP contribution in [-0.4, -0.2) is 66.7 Å². The average Bonchev–Trinajstić information content (AvgIpc) is 3.38. The Morgan fingerprint density at radius 3 is 1.87 bits per heavy atom. The van der Waals surface area contributed by atoms with Crippen LogP contribution in [0.25, 0.3) is 17.2 Å². The molecule has 1 aliphatic heterocycles. The maximum Gasteiger partial charge on any atom is 0.336 e. The van der Waals surface area contributed by atoms with E-state index in [1.54, 1.807) is 30.3 Å². The van der Waals surface area contributed by atoms with Crippen LogP contribution in [0.15, 0.2) is 103 Å². The predicted molar refractivity (Wildman–Crippen MR) is 166 cm³/mol. The highest BCUT2D eigenvalue weighted by Crippen LogP contribution is 2.24. The van der Waals surface area contributed by atoms with Gasteiger partial charge in [-0.1, -0.05) is 43.0 Å². The molecule has 232 valence electrons. The van der Waals surface area contributed by atoms with Crippen molar-refractivity contribution in [2.75, 3.05) is 33.0 Å². The van der Waals surface area contributed by atoms with E-state index in [1.807, 2.05) is 48.5 Å². The molecule has 0 atom stereocenters. The van der Waals surface area contributed by atoms with E-state index in [0.717, 1.165) is 16.7 Å². The Labute approximate surface area is 260 Å². The predicted octanol–water partition coefficient (Wildman–Crippen LogP) is 4.53. The summed E-state index contributed by atoms with van der Waals surface area (Å²) in [6.45, 7) is 4.11. The smallest absolute Gasteiger partial charge is 0.336 e. The van der Waals surface area contributed by atoms with Gasteiger partial charge in [-0.15, -0.1) is 0 Å². The van der Waals surface area contributed by atoms with Crippen molar-refractivity contribution < 1.29 is 43.2 Å². The summed E-state index contributed by atoms with van der Waals surface area (Å²) in [4.78, 5) is 48.1. The van der Waals surface area contributed by atoms with Gasteiger partial charge in [0.05, 0.1) is 32.0 Å². The largest absolute Gasteiger partial charge is 0.494 e. The number of benzene rings is 3. The van der Waals surface area contributed by atoms with Gasteiger partial charge in [-0.25, -0.2) is 9.59 Å². The van der Waals surface area contributed by atoms with E-state index in [9.17, 15) is 19.2 Å². The van der Waals surface area contributed by atoms with Crippen LogP contribution in [0.1, 0.15) is 18.4 Å². The number of carbonyl (C=O) groups is 4. The molecule has 0 saturated heterocycles. The lowest BCUT2D eigenvalue weighted by atomic mass is 10.0. The summed E-state index contributed by atoms with van der Waals surface area (Å²) in [7, 11) is 0. The maximum atomic E-state index is 12.3. The fourth-order valence-electron chi connectivity index (χ4n) is 4.09. The second-order valence-electron chi connectivity index (χ2n) is 9.84. The van der Waals surface area contributed by atoms with Crippen LogP contribution >= 0.6 is 0 Å². The molecular weight excluding hydrogens is 578 g/mol. The Hall–Kier alpha value is -5.48. The van der Waals surface area contributed by atoms with Crippen LogP contribution in [0.3, 0.4) is 0 Å². The highest BCUT2D eigenvalue weighted by molar-refractivity contribution is 6.12. The van der Waals surface area contributed by atoms with E-state index in [0.29, 0.717) is 49.8 Å². The van der Waals surface area contributed by atoms with Crippen LogP contribution in [0.2, 0.25) is 0 Å². The third kappa shape index (κ3) is 10.0. The van der Waals surface area contributed by atoms with E-state index in [-0.39, 0.29) is 24.0 Å². The van der Waals surface area contributed by atoms with Gasteiger partial charge >= 0.3 is 11.9 Å². The molecule has 1 heterocycles. The van der Waals surface area contributed by atoms with Crippen molar-refractivity contribution in [3.63, 3.8) is 0 Å². The minimum absolute atomic E-state index is 0.000786. The topological polar surface area (TPSA) is 129 Å². The van der Waals surface area contributed by atoms with Crippen molar-refractivity contribution in [3.05, 3.63) is 109 Å². The third-order valence-corrected chi connectivity index (χ3v) is 6.52. The third-order valence-electron chi connectivity index (χ3n) is 6.52. The average molecular weight is 612 g/mol. The number of hydrogen-bond acceptors (Lipinski definition) is 9. The Kier molecular flexibility index (Phi) is 11.8. The Morgan fingerprint density at radius 1 is 0.733 bits per heavy atom. The van der Waals surface area contributed by atoms with Crippen LogP contribution in [0.4, 0.5) is 0 Å². The Morgan fingerprint density at radius 2 is 1.27 bits per heavy atom. The number of esters is 2. The van der Waals surface area contributed by atoms with Crippen LogP contribution in [0.5, 0.6) is 17.2 Å². The van der Waals surface area contributed by atoms with Crippen molar-refractivity contribution in [2.24, 2.45) is 0 Å². The van der Waals surface area contributed by atoms with E-state index in [2.05, 4.69) is 6.58 Å². The summed E-state index contributed by atoms with van der Waals surface area (Å²) in [6.07, 6.45) is 6.57. The number of aliphatic hydroxyl groups excluding tert-OH is 1. The highest BCUT2D eigenvalue weighted by Gasteiger charge is 2.22. The van der Waals surface area contributed by atoms with E-state index in [4.69, 9.17) is 24.1 Å². The lowest BCUT2D eigenvalue weighted by molar-refractivity contribution is -0.140. The number of ether oxygens (including phenoxy) is 4. The number of aliphatic hydroxyl groups is 1. The van der Waals surface area contributed by atoms with Gasteiger partial charge in [0.1, 0.15) is 17.2 Å². The molecule has 3 aromatic rings. The summed E-state index contributed by atoms with van der Waals surface area (Å²) in [5, 5.41) is 8.84. The highest BCUT2D eigenvalue weighted by atomic mass is 16.5. The van der Waals surface area contributed by atoms with Crippen LogP contribution in [-0.2, 0) is 23.9 Å². The first-order valence-electron chi connectivity index (χ1n) is 14.3. The minimum atomic E-state index is -0.635. The summed E-state index contributed by atoms with van der Waals surface area (Å²) in [5.74, 6) is -0.111. The van der Waals surface area contributed by atoms with Gasteiger partial charge in [0.2, 0.25) is 0 Å². The quantitative estimate of drug-likeness (QED) is 0.0817. The molecule has 0 aromatic heterocycles. The van der Waals surface area contributed by atoms with Crippen molar-refractivity contribution in [3.8, 4) is 28.4 Å². The summed E-state index contributed by atoms with van der Waals surface area (Å²) in [6, 6.07) is 21.9. The minimum Gasteiger partial charge on any atom is -0.494 e. The van der Waals surface area contributed by atoms with Crippen molar-refractivity contribution in [1.82, 2.24) is 4.90 Å². The molecule has 0 fully saturated rings. The zero-order chi connectivity index (χ0) is 32.0. The first-order chi connectivity index (χ1) is 21.8. The lowest BCUT2D eigenvalue weighted by Crippen LogP contribution is -2.31. The molecule has 0 aliphatic carbocycles.